The summed E-state index contributed by atoms with van der Waals surface area (Å²) in [7, 11) is 0. The standard InChI is InChI=1S/C16H24N2O/c1-12-4-2-3-5-15(12)16(17)8-9-18-10-13-6-7-14(11-18)19-13/h2-5,13-14,16H,6-11,17H2,1H3. The first-order valence-electron chi connectivity index (χ1n) is 7.41. The molecule has 1 aromatic rings. The number of hydrogen-bond acceptors (Lipinski definition) is 3. The second-order valence-corrected chi connectivity index (χ2v) is 5.97. The average Bonchev–Trinajstić information content (AvgIpc) is 2.76. The SMILES string of the molecule is Cc1ccccc1C(N)CCN1CC2CCC(C1)O2. The van der Waals surface area contributed by atoms with Gasteiger partial charge in [-0.1, -0.05) is 24.3 Å². The van der Waals surface area contributed by atoms with Gasteiger partial charge in [-0.15, -0.1) is 0 Å². The molecule has 0 amide bonds. The van der Waals surface area contributed by atoms with Crippen molar-refractivity contribution in [3.8, 4) is 0 Å². The van der Waals surface area contributed by atoms with Crippen LogP contribution in [0.5, 0.6) is 0 Å². The first-order valence-corrected chi connectivity index (χ1v) is 7.41. The molecule has 2 saturated heterocycles. The molecule has 104 valence electrons. The molecule has 2 aliphatic rings. The molecule has 1 aromatic carbocycles. The number of hydrogen-bond donors (Lipinski definition) is 1. The van der Waals surface area contributed by atoms with Gasteiger partial charge in [0.25, 0.3) is 0 Å². The third-order valence-corrected chi connectivity index (χ3v) is 4.46. The van der Waals surface area contributed by atoms with Crippen LogP contribution in [0.1, 0.15) is 36.4 Å². The summed E-state index contributed by atoms with van der Waals surface area (Å²) in [4.78, 5) is 2.53. The summed E-state index contributed by atoms with van der Waals surface area (Å²) in [6.07, 6.45) is 4.47. The summed E-state index contributed by atoms with van der Waals surface area (Å²) in [6.45, 7) is 5.42. The lowest BCUT2D eigenvalue weighted by molar-refractivity contribution is -0.0388. The van der Waals surface area contributed by atoms with E-state index in [1.807, 2.05) is 0 Å². The van der Waals surface area contributed by atoms with Crippen LogP contribution in [-0.4, -0.2) is 36.7 Å². The zero-order chi connectivity index (χ0) is 13.2. The van der Waals surface area contributed by atoms with Crippen molar-refractivity contribution < 1.29 is 4.74 Å². The van der Waals surface area contributed by atoms with Crippen LogP contribution in [0.4, 0.5) is 0 Å². The smallest absolute Gasteiger partial charge is 0.0707 e. The Morgan fingerprint density at radius 1 is 1.26 bits per heavy atom. The van der Waals surface area contributed by atoms with E-state index in [-0.39, 0.29) is 6.04 Å². The highest BCUT2D eigenvalue weighted by atomic mass is 16.5. The lowest BCUT2D eigenvalue weighted by Gasteiger charge is -2.32. The number of ether oxygens (including phenoxy) is 1. The Kier molecular flexibility index (Phi) is 3.87. The van der Waals surface area contributed by atoms with E-state index in [0.29, 0.717) is 12.2 Å². The lowest BCUT2D eigenvalue weighted by atomic mass is 9.99. The third kappa shape index (κ3) is 2.99. The molecule has 0 spiro atoms. The fraction of sp³-hybridized carbons (Fsp3) is 0.625. The van der Waals surface area contributed by atoms with Crippen molar-refractivity contribution in [2.75, 3.05) is 19.6 Å². The molecular formula is C16H24N2O. The van der Waals surface area contributed by atoms with E-state index in [1.54, 1.807) is 0 Å². The summed E-state index contributed by atoms with van der Waals surface area (Å²) in [5.41, 5.74) is 8.93. The first kappa shape index (κ1) is 13.1. The molecule has 0 saturated carbocycles. The molecule has 2 bridgehead atoms. The van der Waals surface area contributed by atoms with Crippen LogP contribution in [0.15, 0.2) is 24.3 Å². The number of aryl methyl sites for hydroxylation is 1. The van der Waals surface area contributed by atoms with Crippen molar-refractivity contribution in [3.05, 3.63) is 35.4 Å². The van der Waals surface area contributed by atoms with Crippen molar-refractivity contribution in [1.82, 2.24) is 4.90 Å². The number of likely N-dealkylation sites (tertiary alicyclic amines) is 1. The second kappa shape index (κ2) is 5.61. The highest BCUT2D eigenvalue weighted by Gasteiger charge is 2.33. The minimum Gasteiger partial charge on any atom is -0.372 e. The van der Waals surface area contributed by atoms with Gasteiger partial charge in [-0.3, -0.25) is 4.90 Å². The maximum Gasteiger partial charge on any atom is 0.0707 e. The predicted molar refractivity (Wildman–Crippen MR) is 77.1 cm³/mol. The summed E-state index contributed by atoms with van der Waals surface area (Å²) in [6, 6.07) is 8.61. The van der Waals surface area contributed by atoms with Gasteiger partial charge in [-0.05, 0) is 37.3 Å². The number of nitrogens with two attached hydrogens (primary N) is 1. The molecule has 0 aliphatic carbocycles. The molecule has 3 rings (SSSR count). The van der Waals surface area contributed by atoms with Crippen LogP contribution < -0.4 is 5.73 Å². The minimum atomic E-state index is 0.154. The van der Waals surface area contributed by atoms with Crippen molar-refractivity contribution in [3.63, 3.8) is 0 Å². The van der Waals surface area contributed by atoms with Gasteiger partial charge in [0.05, 0.1) is 12.2 Å². The Hall–Kier alpha value is -0.900. The number of nitrogens with zero attached hydrogens (tertiary/aromatic N) is 1. The summed E-state index contributed by atoms with van der Waals surface area (Å²) in [5, 5.41) is 0. The quantitative estimate of drug-likeness (QED) is 0.902. The molecule has 2 aliphatic heterocycles. The van der Waals surface area contributed by atoms with Crippen molar-refractivity contribution in [1.29, 1.82) is 0 Å². The monoisotopic (exact) mass is 260 g/mol. The van der Waals surface area contributed by atoms with Gasteiger partial charge >= 0.3 is 0 Å². The molecule has 2 N–H and O–H groups in total. The predicted octanol–water partition coefficient (Wildman–Crippen LogP) is 2.25. The zero-order valence-electron chi connectivity index (χ0n) is 11.7. The fourth-order valence-corrected chi connectivity index (χ4v) is 3.36. The molecule has 19 heavy (non-hydrogen) atoms. The van der Waals surface area contributed by atoms with E-state index in [1.165, 1.54) is 24.0 Å². The molecule has 0 radical (unpaired) electrons. The van der Waals surface area contributed by atoms with Gasteiger partial charge in [0.15, 0.2) is 0 Å². The lowest BCUT2D eigenvalue weighted by Crippen LogP contribution is -2.43. The van der Waals surface area contributed by atoms with Gasteiger partial charge in [0.2, 0.25) is 0 Å². The molecule has 3 atom stereocenters. The van der Waals surface area contributed by atoms with Crippen molar-refractivity contribution >= 4 is 0 Å². The van der Waals surface area contributed by atoms with Crippen LogP contribution in [0, 0.1) is 6.92 Å². The van der Waals surface area contributed by atoms with E-state index in [4.69, 9.17) is 10.5 Å². The van der Waals surface area contributed by atoms with Crippen LogP contribution in [0.3, 0.4) is 0 Å². The number of morpholine rings is 1. The van der Waals surface area contributed by atoms with Gasteiger partial charge in [-0.2, -0.15) is 0 Å². The van der Waals surface area contributed by atoms with Gasteiger partial charge in [0, 0.05) is 25.7 Å². The summed E-state index contributed by atoms with van der Waals surface area (Å²) in [5.74, 6) is 0. The normalized spacial score (nSPS) is 28.5. The number of fused-ring (bicyclic) bond motifs is 2. The van der Waals surface area contributed by atoms with Gasteiger partial charge in [0.1, 0.15) is 0 Å². The van der Waals surface area contributed by atoms with Crippen LogP contribution in [-0.2, 0) is 4.74 Å². The Morgan fingerprint density at radius 3 is 2.63 bits per heavy atom. The molecule has 3 unspecified atom stereocenters. The highest BCUT2D eigenvalue weighted by Crippen LogP contribution is 2.27. The Bertz CT molecular complexity index is 423. The molecule has 2 fully saturated rings. The summed E-state index contributed by atoms with van der Waals surface area (Å²) < 4.78 is 5.87. The van der Waals surface area contributed by atoms with Crippen molar-refractivity contribution in [2.24, 2.45) is 5.73 Å². The molecule has 2 heterocycles. The largest absolute Gasteiger partial charge is 0.372 e. The molecule has 0 aromatic heterocycles. The number of rotatable bonds is 4. The van der Waals surface area contributed by atoms with E-state index in [9.17, 15) is 0 Å². The van der Waals surface area contributed by atoms with E-state index in [0.717, 1.165) is 26.1 Å². The van der Waals surface area contributed by atoms with Crippen LogP contribution in [0.2, 0.25) is 0 Å². The topological polar surface area (TPSA) is 38.5 Å². The Balaban J connectivity index is 1.53. The number of benzene rings is 1. The molecule has 3 heteroatoms. The second-order valence-electron chi connectivity index (χ2n) is 5.97. The Morgan fingerprint density at radius 2 is 1.95 bits per heavy atom. The van der Waals surface area contributed by atoms with E-state index in [2.05, 4.69) is 36.1 Å². The van der Waals surface area contributed by atoms with E-state index < -0.39 is 0 Å². The summed E-state index contributed by atoms with van der Waals surface area (Å²) >= 11 is 0. The van der Waals surface area contributed by atoms with Gasteiger partial charge < -0.3 is 10.5 Å². The van der Waals surface area contributed by atoms with E-state index >= 15 is 0 Å². The minimum absolute atomic E-state index is 0.154. The Labute approximate surface area is 115 Å². The molecule has 3 nitrogen and oxygen atoms in total. The van der Waals surface area contributed by atoms with Crippen LogP contribution in [0.25, 0.3) is 0 Å². The van der Waals surface area contributed by atoms with Gasteiger partial charge in [-0.25, -0.2) is 0 Å². The average molecular weight is 260 g/mol. The third-order valence-electron chi connectivity index (χ3n) is 4.46. The van der Waals surface area contributed by atoms with Crippen LogP contribution >= 0.6 is 0 Å². The maximum absolute atomic E-state index is 6.34. The fourth-order valence-electron chi connectivity index (χ4n) is 3.36. The highest BCUT2D eigenvalue weighted by molar-refractivity contribution is 5.28. The molecular weight excluding hydrogens is 236 g/mol. The zero-order valence-corrected chi connectivity index (χ0v) is 11.7. The van der Waals surface area contributed by atoms with Crippen molar-refractivity contribution in [2.45, 2.75) is 44.4 Å². The first-order chi connectivity index (χ1) is 9.22. The maximum atomic E-state index is 6.34.